The van der Waals surface area contributed by atoms with Crippen molar-refractivity contribution in [3.63, 3.8) is 0 Å². The van der Waals surface area contributed by atoms with E-state index in [2.05, 4.69) is 10.6 Å². The van der Waals surface area contributed by atoms with Crippen LogP contribution in [0.3, 0.4) is 0 Å². The highest BCUT2D eigenvalue weighted by atomic mass is 35.5. The number of carbonyl (C=O) groups excluding carboxylic acids is 3. The van der Waals surface area contributed by atoms with Gasteiger partial charge in [0.1, 0.15) is 12.1 Å². The molecule has 5 N–H and O–H groups in total. The Balaban J connectivity index is 0.00000729. The molecule has 0 fully saturated rings. The zero-order valence-corrected chi connectivity index (χ0v) is 16.0. The summed E-state index contributed by atoms with van der Waals surface area (Å²) in [6.45, 7) is 1.69. The molecular weight excluding hydrogens is 401 g/mol. The van der Waals surface area contributed by atoms with Gasteiger partial charge >= 0.3 is 12.1 Å². The first-order chi connectivity index (χ1) is 12.6. The van der Waals surface area contributed by atoms with Gasteiger partial charge in [0.05, 0.1) is 0 Å². The predicted molar refractivity (Wildman–Crippen MR) is 101 cm³/mol. The number of hydrogen-bond acceptors (Lipinski definition) is 4. The Morgan fingerprint density at radius 3 is 2.18 bits per heavy atom. The van der Waals surface area contributed by atoms with E-state index in [9.17, 15) is 27.6 Å². The number of para-hydroxylation sites is 1. The summed E-state index contributed by atoms with van der Waals surface area (Å²) in [6.07, 6.45) is -4.31. The molecule has 2 atom stereocenters. The van der Waals surface area contributed by atoms with E-state index in [1.54, 1.807) is 35.6 Å². The molecule has 1 aromatic carbocycles. The SMILES string of the molecule is C[C@H](NC(=O)[C@H](CCCCN)NC(=O)C(F)(F)F)C(=O)Nc1ccccc1.Cl. The van der Waals surface area contributed by atoms with Gasteiger partial charge in [-0.2, -0.15) is 13.2 Å². The van der Waals surface area contributed by atoms with E-state index in [4.69, 9.17) is 5.73 Å². The van der Waals surface area contributed by atoms with Crippen LogP contribution in [0.2, 0.25) is 0 Å². The van der Waals surface area contributed by atoms with Gasteiger partial charge in [0.25, 0.3) is 0 Å². The lowest BCUT2D eigenvalue weighted by atomic mass is 10.1. The van der Waals surface area contributed by atoms with Gasteiger partial charge in [-0.05, 0) is 44.9 Å². The summed E-state index contributed by atoms with van der Waals surface area (Å²) in [5.74, 6) is -3.63. The second-order valence-corrected chi connectivity index (χ2v) is 5.89. The second-order valence-electron chi connectivity index (χ2n) is 5.89. The van der Waals surface area contributed by atoms with Crippen LogP contribution in [0.15, 0.2) is 30.3 Å². The van der Waals surface area contributed by atoms with E-state index < -0.39 is 36.0 Å². The van der Waals surface area contributed by atoms with Crippen molar-refractivity contribution in [3.05, 3.63) is 30.3 Å². The van der Waals surface area contributed by atoms with E-state index >= 15 is 0 Å². The summed E-state index contributed by atoms with van der Waals surface area (Å²) in [6, 6.07) is 6.03. The molecule has 0 radical (unpaired) electrons. The van der Waals surface area contributed by atoms with Crippen molar-refractivity contribution in [3.8, 4) is 0 Å². The van der Waals surface area contributed by atoms with E-state index in [1.807, 2.05) is 0 Å². The van der Waals surface area contributed by atoms with Gasteiger partial charge in [-0.1, -0.05) is 18.2 Å². The standard InChI is InChI=1S/C17H23F3N4O3.ClH/c1-11(14(25)23-12-7-3-2-4-8-12)22-15(26)13(9-5-6-10-21)24-16(27)17(18,19)20;/h2-4,7-8,11,13H,5-6,9-10,21H2,1H3,(H,22,26)(H,23,25)(H,24,27);1H/t11-,13-;/m0./s1. The van der Waals surface area contributed by atoms with Crippen molar-refractivity contribution in [2.45, 2.75) is 44.4 Å². The molecule has 0 aliphatic heterocycles. The number of amides is 3. The van der Waals surface area contributed by atoms with Crippen LogP contribution < -0.4 is 21.7 Å². The lowest BCUT2D eigenvalue weighted by Gasteiger charge is -2.21. The quantitative estimate of drug-likeness (QED) is 0.452. The third kappa shape index (κ3) is 9.05. The Morgan fingerprint density at radius 2 is 1.64 bits per heavy atom. The zero-order valence-electron chi connectivity index (χ0n) is 15.2. The topological polar surface area (TPSA) is 113 Å². The number of alkyl halides is 3. The first-order valence-electron chi connectivity index (χ1n) is 8.39. The molecule has 0 unspecified atom stereocenters. The normalized spacial score (nSPS) is 12.9. The van der Waals surface area contributed by atoms with Gasteiger partial charge in [-0.15, -0.1) is 12.4 Å². The Kier molecular flexibility index (Phi) is 11.2. The number of rotatable bonds is 9. The third-order valence-electron chi connectivity index (χ3n) is 3.62. The Labute approximate surface area is 167 Å². The average Bonchev–Trinajstić information content (AvgIpc) is 2.60. The highest BCUT2D eigenvalue weighted by Crippen LogP contribution is 2.15. The molecular formula is C17H24ClF3N4O3. The van der Waals surface area contributed by atoms with Crippen LogP contribution in [0, 0.1) is 0 Å². The molecule has 0 spiro atoms. The maximum Gasteiger partial charge on any atom is 0.471 e. The molecule has 0 aromatic heterocycles. The Bertz CT molecular complexity index is 644. The highest BCUT2D eigenvalue weighted by molar-refractivity contribution is 5.98. The first kappa shape index (κ1) is 25.7. The largest absolute Gasteiger partial charge is 0.471 e. The van der Waals surface area contributed by atoms with Crippen molar-refractivity contribution < 1.29 is 27.6 Å². The molecule has 0 bridgehead atoms. The molecule has 11 heteroatoms. The van der Waals surface area contributed by atoms with E-state index in [-0.39, 0.29) is 18.8 Å². The number of nitrogens with two attached hydrogens (primary N) is 1. The minimum atomic E-state index is -5.11. The van der Waals surface area contributed by atoms with E-state index in [1.165, 1.54) is 6.92 Å². The molecule has 0 heterocycles. The second kappa shape index (κ2) is 12.2. The monoisotopic (exact) mass is 424 g/mol. The number of nitrogens with one attached hydrogen (secondary N) is 3. The van der Waals surface area contributed by atoms with Crippen LogP contribution in [0.1, 0.15) is 26.2 Å². The van der Waals surface area contributed by atoms with Crippen LogP contribution >= 0.6 is 12.4 Å². The lowest BCUT2D eigenvalue weighted by Crippen LogP contribution is -2.53. The van der Waals surface area contributed by atoms with Crippen molar-refractivity contribution in [2.24, 2.45) is 5.73 Å². The van der Waals surface area contributed by atoms with Crippen molar-refractivity contribution in [1.82, 2.24) is 10.6 Å². The van der Waals surface area contributed by atoms with Crippen LogP contribution in [0.5, 0.6) is 0 Å². The number of anilines is 1. The maximum absolute atomic E-state index is 12.5. The van der Waals surface area contributed by atoms with Crippen LogP contribution in [-0.4, -0.2) is 42.5 Å². The lowest BCUT2D eigenvalue weighted by molar-refractivity contribution is -0.174. The van der Waals surface area contributed by atoms with Crippen LogP contribution in [-0.2, 0) is 14.4 Å². The van der Waals surface area contributed by atoms with Gasteiger partial charge in [-0.3, -0.25) is 14.4 Å². The summed E-state index contributed by atoms with van der Waals surface area (Å²) in [5.41, 5.74) is 5.84. The number of benzene rings is 1. The van der Waals surface area contributed by atoms with Gasteiger partial charge in [-0.25, -0.2) is 0 Å². The molecule has 28 heavy (non-hydrogen) atoms. The minimum Gasteiger partial charge on any atom is -0.343 e. The van der Waals surface area contributed by atoms with Gasteiger partial charge < -0.3 is 21.7 Å². The summed E-state index contributed by atoms with van der Waals surface area (Å²) in [7, 11) is 0. The molecule has 0 aliphatic rings. The fourth-order valence-corrected chi connectivity index (χ4v) is 2.15. The molecule has 0 saturated carbocycles. The van der Waals surface area contributed by atoms with Gasteiger partial charge in [0, 0.05) is 5.69 Å². The number of hydrogen-bond donors (Lipinski definition) is 4. The molecule has 3 amide bonds. The predicted octanol–water partition coefficient (Wildman–Crippen LogP) is 1.73. The molecule has 0 aliphatic carbocycles. The van der Waals surface area contributed by atoms with E-state index in [0.717, 1.165) is 0 Å². The summed E-state index contributed by atoms with van der Waals surface area (Å²) in [5, 5.41) is 6.55. The summed E-state index contributed by atoms with van der Waals surface area (Å²) >= 11 is 0. The van der Waals surface area contributed by atoms with Crippen molar-refractivity contribution in [2.75, 3.05) is 11.9 Å². The smallest absolute Gasteiger partial charge is 0.343 e. The van der Waals surface area contributed by atoms with Crippen LogP contribution in [0.25, 0.3) is 0 Å². The van der Waals surface area contributed by atoms with E-state index in [0.29, 0.717) is 25.1 Å². The van der Waals surface area contributed by atoms with Crippen molar-refractivity contribution >= 4 is 35.8 Å². The molecule has 1 aromatic rings. The fraction of sp³-hybridized carbons (Fsp3) is 0.471. The minimum absolute atomic E-state index is 0. The summed E-state index contributed by atoms with van der Waals surface area (Å²) in [4.78, 5) is 35.5. The third-order valence-corrected chi connectivity index (χ3v) is 3.62. The number of carbonyl (C=O) groups is 3. The fourth-order valence-electron chi connectivity index (χ4n) is 2.15. The number of halogens is 4. The first-order valence-corrected chi connectivity index (χ1v) is 8.39. The average molecular weight is 425 g/mol. The molecule has 0 saturated heterocycles. The molecule has 158 valence electrons. The maximum atomic E-state index is 12.5. The van der Waals surface area contributed by atoms with Gasteiger partial charge in [0.15, 0.2) is 0 Å². The number of unbranched alkanes of at least 4 members (excludes halogenated alkanes) is 1. The van der Waals surface area contributed by atoms with Gasteiger partial charge in [0.2, 0.25) is 11.8 Å². The molecule has 7 nitrogen and oxygen atoms in total. The zero-order chi connectivity index (χ0) is 20.4. The molecule has 1 rings (SSSR count). The van der Waals surface area contributed by atoms with Crippen LogP contribution in [0.4, 0.5) is 18.9 Å². The Hall–Kier alpha value is -2.33. The highest BCUT2D eigenvalue weighted by Gasteiger charge is 2.40. The summed E-state index contributed by atoms with van der Waals surface area (Å²) < 4.78 is 37.4. The van der Waals surface area contributed by atoms with Crippen molar-refractivity contribution in [1.29, 1.82) is 0 Å². The Morgan fingerprint density at radius 1 is 1.04 bits per heavy atom.